The Morgan fingerprint density at radius 1 is 1.28 bits per heavy atom. The molecule has 1 aromatic carbocycles. The molecule has 0 radical (unpaired) electrons. The number of hydrogen-bond acceptors (Lipinski definition) is 2. The highest BCUT2D eigenvalue weighted by Crippen LogP contribution is 2.13. The molecule has 0 unspecified atom stereocenters. The van der Waals surface area contributed by atoms with Crippen LogP contribution in [0.15, 0.2) is 53.8 Å². The first kappa shape index (κ1) is 12.6. The molecular weight excluding hydrogens is 242 g/mol. The Bertz CT molecular complexity index is 477. The number of hydrazine groups is 1. The maximum atomic E-state index is 5.18. The molecule has 1 aromatic rings. The van der Waals surface area contributed by atoms with Crippen molar-refractivity contribution >= 4 is 17.3 Å². The van der Waals surface area contributed by atoms with Crippen molar-refractivity contribution in [1.82, 2.24) is 16.2 Å². The van der Waals surface area contributed by atoms with Crippen LogP contribution in [0.25, 0.3) is 0 Å². The van der Waals surface area contributed by atoms with Crippen LogP contribution in [0.5, 0.6) is 0 Å². The Kier molecular flexibility index (Phi) is 4.36. The van der Waals surface area contributed by atoms with E-state index in [0.29, 0.717) is 5.11 Å². The van der Waals surface area contributed by atoms with E-state index in [9.17, 15) is 0 Å². The minimum atomic E-state index is 0.595. The van der Waals surface area contributed by atoms with Gasteiger partial charge in [0.15, 0.2) is 5.11 Å². The van der Waals surface area contributed by atoms with E-state index in [0.717, 1.165) is 18.7 Å². The lowest BCUT2D eigenvalue weighted by Crippen LogP contribution is -2.42. The zero-order valence-electron chi connectivity index (χ0n) is 10.4. The van der Waals surface area contributed by atoms with Crippen LogP contribution in [-0.4, -0.2) is 5.11 Å². The van der Waals surface area contributed by atoms with Gasteiger partial charge in [-0.2, -0.15) is 0 Å². The molecule has 0 fully saturated rings. The molecule has 1 aliphatic rings. The fraction of sp³-hybridized carbons (Fsp3) is 0.214. The molecule has 0 spiro atoms. The van der Waals surface area contributed by atoms with Gasteiger partial charge in [-0.25, -0.2) is 0 Å². The summed E-state index contributed by atoms with van der Waals surface area (Å²) in [6, 6.07) is 10.2. The molecule has 0 amide bonds. The van der Waals surface area contributed by atoms with E-state index in [1.807, 2.05) is 18.2 Å². The summed E-state index contributed by atoms with van der Waals surface area (Å²) in [5.74, 6) is 0. The van der Waals surface area contributed by atoms with E-state index in [2.05, 4.69) is 47.4 Å². The van der Waals surface area contributed by atoms with Crippen LogP contribution < -0.4 is 16.2 Å². The van der Waals surface area contributed by atoms with Crippen molar-refractivity contribution in [3.63, 3.8) is 0 Å². The standard InChI is InChI=1S/C14H17N3S/c1-11-7-8-13(9-11)16-17-14(18)15-10-12-5-3-2-4-6-12/h2-6,8-9,16H,7,10H2,1H3,(H2,15,17,18). The van der Waals surface area contributed by atoms with Crippen LogP contribution in [0.4, 0.5) is 0 Å². The lowest BCUT2D eigenvalue weighted by Gasteiger charge is -2.12. The molecule has 0 saturated heterocycles. The molecule has 0 aromatic heterocycles. The molecule has 18 heavy (non-hydrogen) atoms. The van der Waals surface area contributed by atoms with Gasteiger partial charge in [-0.05, 0) is 37.2 Å². The van der Waals surface area contributed by atoms with E-state index in [-0.39, 0.29) is 0 Å². The molecule has 3 N–H and O–H groups in total. The third kappa shape index (κ3) is 3.89. The summed E-state index contributed by atoms with van der Waals surface area (Å²) in [6.07, 6.45) is 5.24. The van der Waals surface area contributed by atoms with E-state index in [4.69, 9.17) is 12.2 Å². The number of thiocarbonyl (C=S) groups is 1. The number of nitrogens with one attached hydrogen (secondary N) is 3. The quantitative estimate of drug-likeness (QED) is 0.573. The van der Waals surface area contributed by atoms with Crippen LogP contribution in [0.1, 0.15) is 18.9 Å². The maximum absolute atomic E-state index is 5.18. The summed E-state index contributed by atoms with van der Waals surface area (Å²) < 4.78 is 0. The fourth-order valence-electron chi connectivity index (χ4n) is 1.69. The predicted molar refractivity (Wildman–Crippen MR) is 78.6 cm³/mol. The first-order valence-electron chi connectivity index (χ1n) is 5.95. The zero-order valence-corrected chi connectivity index (χ0v) is 11.2. The Balaban J connectivity index is 1.70. The van der Waals surface area contributed by atoms with Crippen molar-refractivity contribution in [3.05, 3.63) is 59.3 Å². The highest BCUT2D eigenvalue weighted by molar-refractivity contribution is 7.80. The van der Waals surface area contributed by atoms with E-state index in [1.54, 1.807) is 0 Å². The lowest BCUT2D eigenvalue weighted by molar-refractivity contribution is 0.751. The summed E-state index contributed by atoms with van der Waals surface area (Å²) in [6.45, 7) is 2.83. The Morgan fingerprint density at radius 2 is 2.06 bits per heavy atom. The van der Waals surface area contributed by atoms with Crippen molar-refractivity contribution in [2.45, 2.75) is 19.9 Å². The van der Waals surface area contributed by atoms with Crippen molar-refractivity contribution in [2.24, 2.45) is 0 Å². The lowest BCUT2D eigenvalue weighted by atomic mass is 10.2. The monoisotopic (exact) mass is 259 g/mol. The van der Waals surface area contributed by atoms with Crippen molar-refractivity contribution in [3.8, 4) is 0 Å². The molecule has 1 aliphatic carbocycles. The van der Waals surface area contributed by atoms with E-state index >= 15 is 0 Å². The van der Waals surface area contributed by atoms with Gasteiger partial charge in [-0.1, -0.05) is 42.0 Å². The Morgan fingerprint density at radius 3 is 2.72 bits per heavy atom. The minimum absolute atomic E-state index is 0.595. The molecule has 0 atom stereocenters. The Labute approximate surface area is 113 Å². The van der Waals surface area contributed by atoms with Gasteiger partial charge in [-0.3, -0.25) is 10.9 Å². The molecule has 0 heterocycles. The minimum Gasteiger partial charge on any atom is -0.357 e. The molecule has 4 heteroatoms. The smallest absolute Gasteiger partial charge is 0.185 e. The molecular formula is C14H17N3S. The summed E-state index contributed by atoms with van der Waals surface area (Å²) in [7, 11) is 0. The first-order valence-corrected chi connectivity index (χ1v) is 6.36. The van der Waals surface area contributed by atoms with Crippen LogP contribution in [0, 0.1) is 0 Å². The second-order valence-corrected chi connectivity index (χ2v) is 4.68. The zero-order chi connectivity index (χ0) is 12.8. The van der Waals surface area contributed by atoms with Crippen molar-refractivity contribution in [1.29, 1.82) is 0 Å². The SMILES string of the molecule is CC1=CC(NNC(=S)NCc2ccccc2)=CC1. The van der Waals surface area contributed by atoms with Gasteiger partial charge in [0.1, 0.15) is 0 Å². The van der Waals surface area contributed by atoms with Gasteiger partial charge in [0.2, 0.25) is 0 Å². The van der Waals surface area contributed by atoms with Gasteiger partial charge in [0.25, 0.3) is 0 Å². The first-order chi connectivity index (χ1) is 8.74. The van der Waals surface area contributed by atoms with Crippen molar-refractivity contribution < 1.29 is 0 Å². The Hall–Kier alpha value is -1.81. The summed E-state index contributed by atoms with van der Waals surface area (Å²) in [5.41, 5.74) is 9.67. The molecule has 0 aliphatic heterocycles. The topological polar surface area (TPSA) is 36.1 Å². The summed E-state index contributed by atoms with van der Waals surface area (Å²) in [4.78, 5) is 0. The average Bonchev–Trinajstić information content (AvgIpc) is 2.81. The van der Waals surface area contributed by atoms with Crippen LogP contribution in [0.3, 0.4) is 0 Å². The van der Waals surface area contributed by atoms with Crippen LogP contribution >= 0.6 is 12.2 Å². The number of allylic oxidation sites excluding steroid dienone is 3. The summed E-state index contributed by atoms with van der Waals surface area (Å²) in [5, 5.41) is 3.74. The molecule has 0 saturated carbocycles. The fourth-order valence-corrected chi connectivity index (χ4v) is 1.82. The maximum Gasteiger partial charge on any atom is 0.185 e. The van der Waals surface area contributed by atoms with Gasteiger partial charge < -0.3 is 5.32 Å². The van der Waals surface area contributed by atoms with Crippen LogP contribution in [0.2, 0.25) is 0 Å². The molecule has 3 nitrogen and oxygen atoms in total. The van der Waals surface area contributed by atoms with E-state index < -0.39 is 0 Å². The van der Waals surface area contributed by atoms with Gasteiger partial charge in [0, 0.05) is 6.54 Å². The summed E-state index contributed by atoms with van der Waals surface area (Å²) >= 11 is 5.18. The van der Waals surface area contributed by atoms with Gasteiger partial charge in [0.05, 0.1) is 5.70 Å². The second-order valence-electron chi connectivity index (χ2n) is 4.27. The number of rotatable bonds is 4. The van der Waals surface area contributed by atoms with Crippen molar-refractivity contribution in [2.75, 3.05) is 0 Å². The third-order valence-electron chi connectivity index (χ3n) is 2.66. The molecule has 0 bridgehead atoms. The average molecular weight is 259 g/mol. The normalized spacial score (nSPS) is 13.6. The van der Waals surface area contributed by atoms with E-state index in [1.165, 1.54) is 11.1 Å². The van der Waals surface area contributed by atoms with Gasteiger partial charge >= 0.3 is 0 Å². The largest absolute Gasteiger partial charge is 0.357 e. The highest BCUT2D eigenvalue weighted by atomic mass is 32.1. The third-order valence-corrected chi connectivity index (χ3v) is 2.91. The molecule has 2 rings (SSSR count). The highest BCUT2D eigenvalue weighted by Gasteiger charge is 2.02. The molecule has 94 valence electrons. The predicted octanol–water partition coefficient (Wildman–Crippen LogP) is 2.39. The second kappa shape index (κ2) is 6.21. The van der Waals surface area contributed by atoms with Gasteiger partial charge in [-0.15, -0.1) is 0 Å². The number of benzene rings is 1. The number of hydrogen-bond donors (Lipinski definition) is 3. The van der Waals surface area contributed by atoms with Crippen LogP contribution in [-0.2, 0) is 6.54 Å².